The first-order valence-electron chi connectivity index (χ1n) is 18.2. The van der Waals surface area contributed by atoms with Crippen LogP contribution in [0.2, 0.25) is 0 Å². The van der Waals surface area contributed by atoms with Crippen LogP contribution in [0, 0.1) is 13.8 Å². The van der Waals surface area contributed by atoms with E-state index >= 15 is 0 Å². The molecule has 2 aromatic rings. The van der Waals surface area contributed by atoms with E-state index in [0.717, 1.165) is 67.4 Å². The maximum atomic E-state index is 13.0. The van der Waals surface area contributed by atoms with Gasteiger partial charge in [-0.05, 0) is 125 Å². The van der Waals surface area contributed by atoms with E-state index in [1.165, 1.54) is 18.2 Å². The van der Waals surface area contributed by atoms with Gasteiger partial charge >= 0.3 is 0 Å². The molecule has 0 bridgehead atoms. The molecule has 0 unspecified atom stereocenters. The summed E-state index contributed by atoms with van der Waals surface area (Å²) in [4.78, 5) is 62.5. The van der Waals surface area contributed by atoms with E-state index in [1.807, 2.05) is 69.0 Å². The molecule has 1 aliphatic rings. The molecule has 1 saturated heterocycles. The number of carbonyl (C=O) groups excluding carboxylic acids is 5. The summed E-state index contributed by atoms with van der Waals surface area (Å²) >= 11 is 0. The summed E-state index contributed by atoms with van der Waals surface area (Å²) in [6, 6.07) is 11.8. The second-order valence-corrected chi connectivity index (χ2v) is 12.7. The normalized spacial score (nSPS) is 12.3. The lowest BCUT2D eigenvalue weighted by Gasteiger charge is -2.24. The largest absolute Gasteiger partial charge is 0.362 e. The van der Waals surface area contributed by atoms with Crippen LogP contribution in [0.4, 0.5) is 5.69 Å². The first-order valence-corrected chi connectivity index (χ1v) is 18.2. The number of unbranched alkanes of at least 4 members (excludes halogenated alkanes) is 2. The summed E-state index contributed by atoms with van der Waals surface area (Å²) in [5.41, 5.74) is 8.10. The van der Waals surface area contributed by atoms with Gasteiger partial charge in [0.05, 0.1) is 0 Å². The number of benzene rings is 2. The number of halogens is 1. The zero-order valence-electron chi connectivity index (χ0n) is 31.8. The van der Waals surface area contributed by atoms with Gasteiger partial charge in [0, 0.05) is 44.5 Å². The molecule has 0 aliphatic carbocycles. The van der Waals surface area contributed by atoms with Gasteiger partial charge in [0.2, 0.25) is 23.6 Å². The van der Waals surface area contributed by atoms with Crippen LogP contribution in [0.1, 0.15) is 78.6 Å². The van der Waals surface area contributed by atoms with Crippen molar-refractivity contribution in [2.75, 3.05) is 78.1 Å². The summed E-state index contributed by atoms with van der Waals surface area (Å²) in [7, 11) is 1.49. The number of likely N-dealkylation sites (N-methyl/N-ethyl adjacent to an activating group) is 1. The zero-order chi connectivity index (χ0) is 37.9. The number of hydrogen-bond donors (Lipinski definition) is 5. The summed E-state index contributed by atoms with van der Waals surface area (Å²) in [5, 5.41) is 14.2. The van der Waals surface area contributed by atoms with E-state index < -0.39 is 0 Å². The number of aryl methyl sites for hydroxylation is 2. The Labute approximate surface area is 319 Å². The van der Waals surface area contributed by atoms with Crippen LogP contribution in [0.25, 0.3) is 5.57 Å². The van der Waals surface area contributed by atoms with E-state index in [2.05, 4.69) is 26.6 Å². The van der Waals surface area contributed by atoms with Gasteiger partial charge in [0.1, 0.15) is 26.4 Å². The van der Waals surface area contributed by atoms with Crippen LogP contribution in [-0.2, 0) is 28.7 Å². The molecule has 0 atom stereocenters. The Morgan fingerprint density at radius 1 is 0.717 bits per heavy atom. The number of anilines is 1. The highest BCUT2D eigenvalue weighted by Crippen LogP contribution is 2.36. The predicted octanol–water partition coefficient (Wildman–Crippen LogP) is 3.51. The number of carbonyl (C=O) groups is 5. The Balaban J connectivity index is 0.00000972. The van der Waals surface area contributed by atoms with Crippen molar-refractivity contribution in [1.29, 1.82) is 0 Å². The van der Waals surface area contributed by atoms with Crippen molar-refractivity contribution in [3.8, 4) is 0 Å². The topological polar surface area (TPSA) is 167 Å². The quantitative estimate of drug-likeness (QED) is 0.128. The van der Waals surface area contributed by atoms with E-state index in [4.69, 9.17) is 9.47 Å². The lowest BCUT2D eigenvalue weighted by molar-refractivity contribution is -0.131. The maximum absolute atomic E-state index is 13.0. The molecule has 1 heterocycles. The minimum atomic E-state index is -0.356. The van der Waals surface area contributed by atoms with Crippen molar-refractivity contribution in [3.05, 3.63) is 69.8 Å². The fourth-order valence-electron chi connectivity index (χ4n) is 6.13. The summed E-state index contributed by atoms with van der Waals surface area (Å²) < 4.78 is 10.4. The highest BCUT2D eigenvalue weighted by atomic mass is 35.5. The lowest BCUT2D eigenvalue weighted by Crippen LogP contribution is -2.31. The van der Waals surface area contributed by atoms with Crippen LogP contribution in [0.15, 0.2) is 42.0 Å². The Kier molecular flexibility index (Phi) is 20.4. The standard InChI is InChI=1S/C39H56N6O7.ClH/c1-6-45(7-2)39(50)31-13-11-29(12-14-31)38(30-15-19-41-20-16-30)37-27(3)21-32(22-28(37)4)44-36(49)26-52-25-35(48)43-18-10-8-9-17-42-34(47)24-51-23-33(46)40-5;/h11-14,21-22,41H,6-10,15-20,23-26H2,1-5H3,(H,40,46)(H,42,47)(H,43,48)(H,44,49);1H. The molecule has 0 aromatic heterocycles. The molecule has 14 heteroatoms. The second-order valence-electron chi connectivity index (χ2n) is 12.7. The Morgan fingerprint density at radius 2 is 1.21 bits per heavy atom. The van der Waals surface area contributed by atoms with Gasteiger partial charge in [-0.25, -0.2) is 0 Å². The first kappa shape index (κ1) is 44.9. The summed E-state index contributed by atoms with van der Waals surface area (Å²) in [5.74, 6) is -1.22. The third-order valence-corrected chi connectivity index (χ3v) is 8.81. The third-order valence-electron chi connectivity index (χ3n) is 8.81. The smallest absolute Gasteiger partial charge is 0.253 e. The molecule has 13 nitrogen and oxygen atoms in total. The van der Waals surface area contributed by atoms with Crippen LogP contribution < -0.4 is 26.6 Å². The Hall–Kier alpha value is -4.30. The van der Waals surface area contributed by atoms with E-state index in [-0.39, 0.29) is 68.4 Å². The van der Waals surface area contributed by atoms with Gasteiger partial charge in [-0.2, -0.15) is 0 Å². The number of ether oxygens (including phenoxy) is 2. The number of nitrogens with one attached hydrogen (secondary N) is 5. The van der Waals surface area contributed by atoms with Crippen molar-refractivity contribution in [1.82, 2.24) is 26.2 Å². The van der Waals surface area contributed by atoms with Crippen LogP contribution in [0.3, 0.4) is 0 Å². The molecular weight excluding hydrogens is 700 g/mol. The van der Waals surface area contributed by atoms with Gasteiger partial charge in [0.15, 0.2) is 0 Å². The molecule has 1 aliphatic heterocycles. The minimum absolute atomic E-state index is 0. The van der Waals surface area contributed by atoms with Gasteiger partial charge in [-0.15, -0.1) is 12.4 Å². The monoisotopic (exact) mass is 756 g/mol. The molecule has 5 amide bonds. The molecule has 2 aromatic carbocycles. The Bertz CT molecular complexity index is 1530. The van der Waals surface area contributed by atoms with Gasteiger partial charge in [0.25, 0.3) is 5.91 Å². The molecular formula is C39H57ClN6O7. The first-order chi connectivity index (χ1) is 25.1. The molecule has 292 valence electrons. The van der Waals surface area contributed by atoms with Crippen molar-refractivity contribution in [2.45, 2.75) is 59.8 Å². The molecule has 0 radical (unpaired) electrons. The van der Waals surface area contributed by atoms with Crippen LogP contribution >= 0.6 is 12.4 Å². The second kappa shape index (κ2) is 24.1. The minimum Gasteiger partial charge on any atom is -0.362 e. The molecule has 1 fully saturated rings. The van der Waals surface area contributed by atoms with Crippen molar-refractivity contribution in [3.63, 3.8) is 0 Å². The SMILES string of the molecule is CCN(CC)C(=O)c1ccc(C(=C2CCNCC2)c2c(C)cc(NC(=O)COCC(=O)NCCCCCNC(=O)COCC(=O)NC)cc2C)cc1.Cl. The number of hydrogen-bond acceptors (Lipinski definition) is 8. The molecule has 3 rings (SSSR count). The number of rotatable bonds is 20. The van der Waals surface area contributed by atoms with E-state index in [1.54, 1.807) is 0 Å². The highest BCUT2D eigenvalue weighted by molar-refractivity contribution is 5.96. The average molecular weight is 757 g/mol. The van der Waals surface area contributed by atoms with Crippen molar-refractivity contribution < 1.29 is 33.4 Å². The van der Waals surface area contributed by atoms with Gasteiger partial charge in [-0.1, -0.05) is 17.7 Å². The Morgan fingerprint density at radius 3 is 1.72 bits per heavy atom. The fraction of sp³-hybridized carbons (Fsp3) is 0.513. The number of amides is 5. The maximum Gasteiger partial charge on any atom is 0.253 e. The molecule has 5 N–H and O–H groups in total. The van der Waals surface area contributed by atoms with Gasteiger partial charge < -0.3 is 41.0 Å². The average Bonchev–Trinajstić information content (AvgIpc) is 3.13. The fourth-order valence-corrected chi connectivity index (χ4v) is 6.13. The lowest BCUT2D eigenvalue weighted by atomic mass is 9.84. The van der Waals surface area contributed by atoms with Crippen LogP contribution in [-0.4, -0.2) is 107 Å². The summed E-state index contributed by atoms with van der Waals surface area (Å²) in [6.07, 6.45) is 4.10. The third kappa shape index (κ3) is 14.9. The van der Waals surface area contributed by atoms with E-state index in [9.17, 15) is 24.0 Å². The molecule has 53 heavy (non-hydrogen) atoms. The highest BCUT2D eigenvalue weighted by Gasteiger charge is 2.20. The van der Waals surface area contributed by atoms with E-state index in [0.29, 0.717) is 37.4 Å². The van der Waals surface area contributed by atoms with Crippen molar-refractivity contribution in [2.24, 2.45) is 0 Å². The number of piperidine rings is 1. The number of nitrogens with zero attached hydrogens (tertiary/aromatic N) is 1. The zero-order valence-corrected chi connectivity index (χ0v) is 32.6. The van der Waals surface area contributed by atoms with Crippen LogP contribution in [0.5, 0.6) is 0 Å². The van der Waals surface area contributed by atoms with Gasteiger partial charge in [-0.3, -0.25) is 24.0 Å². The molecule has 0 spiro atoms. The summed E-state index contributed by atoms with van der Waals surface area (Å²) in [6.45, 7) is 11.3. The van der Waals surface area contributed by atoms with Crippen molar-refractivity contribution >= 4 is 53.2 Å². The predicted molar refractivity (Wildman–Crippen MR) is 209 cm³/mol. The molecule has 0 saturated carbocycles.